The van der Waals surface area contributed by atoms with E-state index in [4.69, 9.17) is 15.2 Å². The Bertz CT molecular complexity index is 486. The summed E-state index contributed by atoms with van der Waals surface area (Å²) in [6.45, 7) is 0.694. The lowest BCUT2D eigenvalue weighted by Crippen LogP contribution is -2.44. The van der Waals surface area contributed by atoms with E-state index in [1.807, 2.05) is 0 Å². The van der Waals surface area contributed by atoms with Crippen molar-refractivity contribution in [2.24, 2.45) is 0 Å². The molecule has 2 N–H and O–H groups in total. The van der Waals surface area contributed by atoms with Gasteiger partial charge in [-0.1, -0.05) is 19.3 Å². The van der Waals surface area contributed by atoms with E-state index in [-0.39, 0.29) is 17.7 Å². The molecule has 1 saturated heterocycles. The molecule has 1 spiro atoms. The molecule has 1 aliphatic heterocycles. The number of rotatable bonds is 2. The SMILES string of the molecule is Nc1ccc(C(=O)OC2CCOC3(CCCCC3)C2)cc1. The largest absolute Gasteiger partial charge is 0.459 e. The number of benzene rings is 1. The smallest absolute Gasteiger partial charge is 0.338 e. The summed E-state index contributed by atoms with van der Waals surface area (Å²) < 4.78 is 11.7. The van der Waals surface area contributed by atoms with Crippen molar-refractivity contribution in [1.29, 1.82) is 0 Å². The molecule has 1 saturated carbocycles. The number of hydrogen-bond donors (Lipinski definition) is 1. The van der Waals surface area contributed by atoms with E-state index in [1.165, 1.54) is 19.3 Å². The molecule has 3 rings (SSSR count). The maximum absolute atomic E-state index is 12.2. The number of carbonyl (C=O) groups is 1. The topological polar surface area (TPSA) is 61.6 Å². The third-order valence-electron chi connectivity index (χ3n) is 4.63. The Morgan fingerprint density at radius 3 is 2.62 bits per heavy atom. The van der Waals surface area contributed by atoms with Crippen LogP contribution in [0.1, 0.15) is 55.3 Å². The zero-order chi connectivity index (χ0) is 14.7. The van der Waals surface area contributed by atoms with Crippen LogP contribution in [0.25, 0.3) is 0 Å². The minimum absolute atomic E-state index is 0.0260. The molecule has 114 valence electrons. The van der Waals surface area contributed by atoms with Gasteiger partial charge in [0, 0.05) is 18.5 Å². The number of nitrogens with two attached hydrogens (primary N) is 1. The van der Waals surface area contributed by atoms with Gasteiger partial charge in [0.25, 0.3) is 0 Å². The molecule has 1 unspecified atom stereocenters. The van der Waals surface area contributed by atoms with Crippen molar-refractivity contribution in [3.05, 3.63) is 29.8 Å². The fraction of sp³-hybridized carbons (Fsp3) is 0.588. The number of esters is 1. The first kappa shape index (κ1) is 14.4. The number of carbonyl (C=O) groups excluding carboxylic acids is 1. The summed E-state index contributed by atoms with van der Waals surface area (Å²) in [5, 5.41) is 0. The molecule has 1 aromatic carbocycles. The highest BCUT2D eigenvalue weighted by Crippen LogP contribution is 2.39. The van der Waals surface area contributed by atoms with Crippen LogP contribution in [0.3, 0.4) is 0 Å². The molecule has 2 aliphatic rings. The second kappa shape index (κ2) is 6.06. The lowest BCUT2D eigenvalue weighted by atomic mass is 9.79. The summed E-state index contributed by atoms with van der Waals surface area (Å²) in [4.78, 5) is 12.2. The third kappa shape index (κ3) is 3.38. The number of hydrogen-bond acceptors (Lipinski definition) is 4. The van der Waals surface area contributed by atoms with E-state index >= 15 is 0 Å². The van der Waals surface area contributed by atoms with Gasteiger partial charge in [-0.25, -0.2) is 4.79 Å². The average Bonchev–Trinajstić information content (AvgIpc) is 2.49. The van der Waals surface area contributed by atoms with Gasteiger partial charge in [0.15, 0.2) is 0 Å². The van der Waals surface area contributed by atoms with Crippen molar-refractivity contribution in [3.8, 4) is 0 Å². The Kier molecular flexibility index (Phi) is 4.15. The number of nitrogen functional groups attached to an aromatic ring is 1. The second-order valence-corrected chi connectivity index (χ2v) is 6.23. The Labute approximate surface area is 125 Å². The highest BCUT2D eigenvalue weighted by molar-refractivity contribution is 5.89. The lowest BCUT2D eigenvalue weighted by molar-refractivity contribution is -0.136. The molecule has 1 aromatic rings. The Hall–Kier alpha value is -1.55. The van der Waals surface area contributed by atoms with Gasteiger partial charge in [-0.15, -0.1) is 0 Å². The first-order valence-electron chi connectivity index (χ1n) is 7.87. The van der Waals surface area contributed by atoms with Gasteiger partial charge in [-0.2, -0.15) is 0 Å². The standard InChI is InChI=1S/C17H23NO3/c18-14-6-4-13(5-7-14)16(19)21-15-8-11-20-17(12-15)9-2-1-3-10-17/h4-7,15H,1-3,8-12,18H2. The lowest BCUT2D eigenvalue weighted by Gasteiger charge is -2.43. The van der Waals surface area contributed by atoms with E-state index in [2.05, 4.69) is 0 Å². The molecule has 0 aromatic heterocycles. The molecule has 1 atom stereocenters. The Balaban J connectivity index is 1.61. The summed E-state index contributed by atoms with van der Waals surface area (Å²) >= 11 is 0. The van der Waals surface area contributed by atoms with Crippen LogP contribution in [0.2, 0.25) is 0 Å². The van der Waals surface area contributed by atoms with Gasteiger partial charge in [0.1, 0.15) is 6.10 Å². The average molecular weight is 289 g/mol. The molecular formula is C17H23NO3. The molecule has 1 aliphatic carbocycles. The molecule has 1 heterocycles. The van der Waals surface area contributed by atoms with Crippen LogP contribution in [0.5, 0.6) is 0 Å². The third-order valence-corrected chi connectivity index (χ3v) is 4.63. The molecule has 0 amide bonds. The fourth-order valence-corrected chi connectivity index (χ4v) is 3.47. The minimum atomic E-state index is -0.257. The van der Waals surface area contributed by atoms with E-state index in [0.29, 0.717) is 17.9 Å². The molecule has 4 heteroatoms. The fourth-order valence-electron chi connectivity index (χ4n) is 3.47. The Morgan fingerprint density at radius 1 is 1.19 bits per heavy atom. The second-order valence-electron chi connectivity index (χ2n) is 6.23. The van der Waals surface area contributed by atoms with Gasteiger partial charge in [-0.3, -0.25) is 0 Å². The van der Waals surface area contributed by atoms with Crippen LogP contribution < -0.4 is 5.73 Å². The minimum Gasteiger partial charge on any atom is -0.459 e. The van der Waals surface area contributed by atoms with Gasteiger partial charge >= 0.3 is 5.97 Å². The zero-order valence-electron chi connectivity index (χ0n) is 12.3. The summed E-state index contributed by atoms with van der Waals surface area (Å²) in [6.07, 6.45) is 7.54. The highest BCUT2D eigenvalue weighted by Gasteiger charge is 2.39. The summed E-state index contributed by atoms with van der Waals surface area (Å²) in [7, 11) is 0. The van der Waals surface area contributed by atoms with Crippen LogP contribution in [-0.4, -0.2) is 24.3 Å². The van der Waals surface area contributed by atoms with Crippen molar-refractivity contribution < 1.29 is 14.3 Å². The monoisotopic (exact) mass is 289 g/mol. The molecule has 4 nitrogen and oxygen atoms in total. The van der Waals surface area contributed by atoms with E-state index < -0.39 is 0 Å². The van der Waals surface area contributed by atoms with Gasteiger partial charge in [0.05, 0.1) is 17.8 Å². The first-order chi connectivity index (χ1) is 10.2. The Morgan fingerprint density at radius 2 is 1.90 bits per heavy atom. The molecule has 21 heavy (non-hydrogen) atoms. The number of ether oxygens (including phenoxy) is 2. The van der Waals surface area contributed by atoms with E-state index in [0.717, 1.165) is 25.7 Å². The van der Waals surface area contributed by atoms with Crippen molar-refractivity contribution in [2.45, 2.75) is 56.7 Å². The van der Waals surface area contributed by atoms with Crippen molar-refractivity contribution in [3.63, 3.8) is 0 Å². The van der Waals surface area contributed by atoms with E-state index in [1.54, 1.807) is 24.3 Å². The van der Waals surface area contributed by atoms with Gasteiger partial charge in [-0.05, 0) is 37.1 Å². The van der Waals surface area contributed by atoms with Crippen LogP contribution in [0.15, 0.2) is 24.3 Å². The van der Waals surface area contributed by atoms with Crippen LogP contribution in [0, 0.1) is 0 Å². The van der Waals surface area contributed by atoms with Gasteiger partial charge in [0.2, 0.25) is 0 Å². The first-order valence-corrected chi connectivity index (χ1v) is 7.87. The number of anilines is 1. The van der Waals surface area contributed by atoms with Crippen LogP contribution in [0.4, 0.5) is 5.69 Å². The van der Waals surface area contributed by atoms with Crippen LogP contribution >= 0.6 is 0 Å². The molecule has 2 fully saturated rings. The van der Waals surface area contributed by atoms with Crippen molar-refractivity contribution in [1.82, 2.24) is 0 Å². The predicted molar refractivity (Wildman–Crippen MR) is 81.1 cm³/mol. The summed E-state index contributed by atoms with van der Waals surface area (Å²) in [5.41, 5.74) is 6.81. The predicted octanol–water partition coefficient (Wildman–Crippen LogP) is 3.31. The van der Waals surface area contributed by atoms with Crippen molar-refractivity contribution in [2.75, 3.05) is 12.3 Å². The van der Waals surface area contributed by atoms with E-state index in [9.17, 15) is 4.79 Å². The van der Waals surface area contributed by atoms with Gasteiger partial charge < -0.3 is 15.2 Å². The molecular weight excluding hydrogens is 266 g/mol. The maximum Gasteiger partial charge on any atom is 0.338 e. The summed E-state index contributed by atoms with van der Waals surface area (Å²) in [6, 6.07) is 6.88. The highest BCUT2D eigenvalue weighted by atomic mass is 16.6. The normalized spacial score (nSPS) is 24.7. The maximum atomic E-state index is 12.2. The zero-order valence-corrected chi connectivity index (χ0v) is 12.3. The quantitative estimate of drug-likeness (QED) is 0.670. The van der Waals surface area contributed by atoms with Crippen LogP contribution in [-0.2, 0) is 9.47 Å². The summed E-state index contributed by atoms with van der Waals surface area (Å²) in [5.74, 6) is -0.257. The van der Waals surface area contributed by atoms with Crippen molar-refractivity contribution >= 4 is 11.7 Å². The molecule has 0 bridgehead atoms. The molecule has 0 radical (unpaired) electrons.